The Labute approximate surface area is 272 Å². The Morgan fingerprint density at radius 2 is 0.872 bits per heavy atom. The average molecular weight is 596 g/mol. The normalized spacial score (nSPS) is 11.8. The maximum Gasteiger partial charge on any atom is 0.0620 e. The van der Waals surface area contributed by atoms with E-state index in [1.807, 2.05) is 0 Å². The minimum Gasteiger partial charge on any atom is -0.307 e. The second kappa shape index (κ2) is 10.2. The van der Waals surface area contributed by atoms with Crippen LogP contribution in [0, 0.1) is 0 Å². The Morgan fingerprint density at radius 3 is 1.60 bits per heavy atom. The van der Waals surface area contributed by atoms with Gasteiger partial charge in [-0.25, -0.2) is 0 Å². The van der Waals surface area contributed by atoms with Crippen LogP contribution < -0.4 is 0 Å². The lowest BCUT2D eigenvalue weighted by molar-refractivity contribution is 1.22. The Kier molecular flexibility index (Phi) is 5.64. The van der Waals surface area contributed by atoms with E-state index in [0.717, 1.165) is 0 Å². The second-order valence-corrected chi connectivity index (χ2v) is 12.5. The molecule has 1 heteroatoms. The first kappa shape index (κ1) is 26.1. The number of fused-ring (bicyclic) bond motifs is 8. The Bertz CT molecular complexity index is 2780. The monoisotopic (exact) mass is 595 g/mol. The Morgan fingerprint density at radius 1 is 0.319 bits per heavy atom. The first-order chi connectivity index (χ1) is 23.3. The number of hydrogen-bond acceptors (Lipinski definition) is 0. The summed E-state index contributed by atoms with van der Waals surface area (Å²) in [7, 11) is 0. The van der Waals surface area contributed by atoms with Crippen molar-refractivity contribution in [3.05, 3.63) is 176 Å². The van der Waals surface area contributed by atoms with Gasteiger partial charge in [-0.3, -0.25) is 0 Å². The van der Waals surface area contributed by atoms with Crippen LogP contribution in [0.5, 0.6) is 0 Å². The summed E-state index contributed by atoms with van der Waals surface area (Å²) in [5, 5.41) is 12.6. The largest absolute Gasteiger partial charge is 0.307 e. The van der Waals surface area contributed by atoms with Gasteiger partial charge in [0.25, 0.3) is 0 Å². The molecule has 218 valence electrons. The predicted octanol–water partition coefficient (Wildman–Crippen LogP) is 12.7. The van der Waals surface area contributed by atoms with Crippen molar-refractivity contribution in [2.45, 2.75) is 0 Å². The number of hydrogen-bond donors (Lipinski definition) is 0. The molecule has 0 aliphatic rings. The molecular weight excluding hydrogens is 567 g/mol. The highest BCUT2D eigenvalue weighted by Crippen LogP contribution is 2.46. The van der Waals surface area contributed by atoms with Crippen molar-refractivity contribution >= 4 is 64.9 Å². The van der Waals surface area contributed by atoms with Gasteiger partial charge in [-0.1, -0.05) is 158 Å². The van der Waals surface area contributed by atoms with E-state index in [1.54, 1.807) is 0 Å². The standard InChI is InChI=1S/C46H29N/c1-2-15-31(16-3-1)41-29-42-35-19-12-13-25-43(35)47(46(42)38-22-9-6-18-34(38)41)45-39-23-10-7-20-36(39)44(37-21-8-11-24-40(37)45)33-27-26-30-14-4-5-17-32(30)28-33/h1-29H. The number of aromatic nitrogens is 1. The number of para-hydroxylation sites is 1. The van der Waals surface area contributed by atoms with Gasteiger partial charge in [-0.2, -0.15) is 0 Å². The average Bonchev–Trinajstić information content (AvgIpc) is 3.47. The van der Waals surface area contributed by atoms with E-state index >= 15 is 0 Å². The number of rotatable bonds is 3. The van der Waals surface area contributed by atoms with Crippen molar-refractivity contribution in [3.8, 4) is 27.9 Å². The van der Waals surface area contributed by atoms with Gasteiger partial charge >= 0.3 is 0 Å². The second-order valence-electron chi connectivity index (χ2n) is 12.5. The molecule has 10 rings (SSSR count). The molecule has 0 N–H and O–H groups in total. The van der Waals surface area contributed by atoms with Crippen molar-refractivity contribution in [3.63, 3.8) is 0 Å². The van der Waals surface area contributed by atoms with Crippen LogP contribution in [-0.2, 0) is 0 Å². The summed E-state index contributed by atoms with van der Waals surface area (Å²) in [6.07, 6.45) is 0. The lowest BCUT2D eigenvalue weighted by Crippen LogP contribution is -1.99. The fraction of sp³-hybridized carbons (Fsp3) is 0. The molecule has 0 fully saturated rings. The zero-order valence-corrected chi connectivity index (χ0v) is 25.7. The topological polar surface area (TPSA) is 4.93 Å². The van der Waals surface area contributed by atoms with Gasteiger partial charge in [0.15, 0.2) is 0 Å². The summed E-state index contributed by atoms with van der Waals surface area (Å²) < 4.78 is 2.55. The maximum absolute atomic E-state index is 2.55. The molecule has 0 amide bonds. The summed E-state index contributed by atoms with van der Waals surface area (Å²) in [6.45, 7) is 0. The van der Waals surface area contributed by atoms with Gasteiger partial charge in [0.1, 0.15) is 0 Å². The van der Waals surface area contributed by atoms with Crippen molar-refractivity contribution in [2.24, 2.45) is 0 Å². The van der Waals surface area contributed by atoms with Crippen LogP contribution in [0.15, 0.2) is 176 Å². The minimum atomic E-state index is 1.21. The van der Waals surface area contributed by atoms with Gasteiger partial charge in [0, 0.05) is 26.9 Å². The molecule has 0 saturated heterocycles. The SMILES string of the molecule is c1ccc(-c2cc3c4ccccc4n(-c4c5ccccc5c(-c5ccc6ccccc6c5)c5ccccc45)c3c3ccccc23)cc1. The molecule has 1 aromatic heterocycles. The fourth-order valence-corrected chi connectivity index (χ4v) is 7.91. The molecule has 1 heterocycles. The highest BCUT2D eigenvalue weighted by molar-refractivity contribution is 6.25. The zero-order valence-electron chi connectivity index (χ0n) is 25.7. The molecule has 0 aliphatic carbocycles. The molecule has 0 spiro atoms. The molecule has 1 nitrogen and oxygen atoms in total. The number of benzene rings is 9. The summed E-state index contributed by atoms with van der Waals surface area (Å²) >= 11 is 0. The van der Waals surface area contributed by atoms with Crippen LogP contribution in [-0.4, -0.2) is 4.57 Å². The molecule has 47 heavy (non-hydrogen) atoms. The van der Waals surface area contributed by atoms with Crippen LogP contribution in [0.25, 0.3) is 92.8 Å². The van der Waals surface area contributed by atoms with Crippen molar-refractivity contribution in [1.82, 2.24) is 4.57 Å². The first-order valence-corrected chi connectivity index (χ1v) is 16.3. The first-order valence-electron chi connectivity index (χ1n) is 16.3. The van der Waals surface area contributed by atoms with Gasteiger partial charge in [0.05, 0.1) is 16.7 Å². The highest BCUT2D eigenvalue weighted by Gasteiger charge is 2.22. The maximum atomic E-state index is 2.55. The third kappa shape index (κ3) is 3.84. The fourth-order valence-electron chi connectivity index (χ4n) is 7.91. The van der Waals surface area contributed by atoms with Crippen molar-refractivity contribution < 1.29 is 0 Å². The van der Waals surface area contributed by atoms with E-state index in [0.29, 0.717) is 0 Å². The molecule has 0 saturated carbocycles. The third-order valence-corrected chi connectivity index (χ3v) is 9.92. The van der Waals surface area contributed by atoms with E-state index in [4.69, 9.17) is 0 Å². The molecule has 9 aromatic carbocycles. The molecule has 0 aliphatic heterocycles. The highest BCUT2D eigenvalue weighted by atomic mass is 15.0. The van der Waals surface area contributed by atoms with Gasteiger partial charge in [-0.05, 0) is 67.4 Å². The van der Waals surface area contributed by atoms with Gasteiger partial charge in [0.2, 0.25) is 0 Å². The molecule has 10 aromatic rings. The lowest BCUT2D eigenvalue weighted by Gasteiger charge is -2.20. The third-order valence-electron chi connectivity index (χ3n) is 9.92. The quantitative estimate of drug-likeness (QED) is 0.179. The number of nitrogens with zero attached hydrogens (tertiary/aromatic N) is 1. The van der Waals surface area contributed by atoms with E-state index in [9.17, 15) is 0 Å². The summed E-state index contributed by atoms with van der Waals surface area (Å²) in [4.78, 5) is 0. The van der Waals surface area contributed by atoms with Crippen LogP contribution in [0.2, 0.25) is 0 Å². The van der Waals surface area contributed by atoms with Crippen LogP contribution in [0.4, 0.5) is 0 Å². The Balaban J connectivity index is 1.40. The smallest absolute Gasteiger partial charge is 0.0620 e. The zero-order chi connectivity index (χ0) is 30.9. The van der Waals surface area contributed by atoms with Crippen LogP contribution >= 0.6 is 0 Å². The summed E-state index contributed by atoms with van der Waals surface area (Å²) in [6, 6.07) is 64.5. The van der Waals surface area contributed by atoms with Gasteiger partial charge < -0.3 is 4.57 Å². The molecule has 0 unspecified atom stereocenters. The summed E-state index contributed by atoms with van der Waals surface area (Å²) in [5.74, 6) is 0. The Hall–Kier alpha value is -6.18. The minimum absolute atomic E-state index is 1.21. The molecule has 0 radical (unpaired) electrons. The molecular formula is C46H29N. The van der Waals surface area contributed by atoms with Crippen molar-refractivity contribution in [2.75, 3.05) is 0 Å². The van der Waals surface area contributed by atoms with Crippen molar-refractivity contribution in [1.29, 1.82) is 0 Å². The van der Waals surface area contributed by atoms with E-state index in [1.165, 1.54) is 92.8 Å². The van der Waals surface area contributed by atoms with E-state index in [-0.39, 0.29) is 0 Å². The molecule has 0 atom stereocenters. The van der Waals surface area contributed by atoms with Crippen LogP contribution in [0.3, 0.4) is 0 Å². The summed E-state index contributed by atoms with van der Waals surface area (Å²) in [5.41, 5.74) is 8.70. The lowest BCUT2D eigenvalue weighted by atomic mass is 9.89. The van der Waals surface area contributed by atoms with Crippen LogP contribution in [0.1, 0.15) is 0 Å². The van der Waals surface area contributed by atoms with E-state index in [2.05, 4.69) is 180 Å². The molecule has 0 bridgehead atoms. The van der Waals surface area contributed by atoms with Gasteiger partial charge in [-0.15, -0.1) is 0 Å². The predicted molar refractivity (Wildman–Crippen MR) is 202 cm³/mol. The van der Waals surface area contributed by atoms with E-state index < -0.39 is 0 Å².